The van der Waals surface area contributed by atoms with Crippen LogP contribution in [0.15, 0.2) is 12.1 Å². The SMILES string of the molecule is CC(C)c1cc(CN2C[C@@H](C)O[C@@H](C)C2)cc(NC2CCC(O)CC2)n1. The zero-order valence-corrected chi connectivity index (χ0v) is 16.7. The average Bonchev–Trinajstić information content (AvgIpc) is 2.56. The van der Waals surface area contributed by atoms with Crippen LogP contribution in [0.25, 0.3) is 0 Å². The van der Waals surface area contributed by atoms with Gasteiger partial charge in [-0.2, -0.15) is 0 Å². The highest BCUT2D eigenvalue weighted by molar-refractivity contribution is 5.41. The van der Waals surface area contributed by atoms with E-state index in [1.165, 1.54) is 5.56 Å². The molecule has 2 heterocycles. The van der Waals surface area contributed by atoms with E-state index in [0.717, 1.165) is 56.8 Å². The molecule has 2 N–H and O–H groups in total. The molecule has 0 spiro atoms. The van der Waals surface area contributed by atoms with Gasteiger partial charge in [0.25, 0.3) is 0 Å². The molecule has 1 aliphatic heterocycles. The highest BCUT2D eigenvalue weighted by Crippen LogP contribution is 2.25. The Morgan fingerprint density at radius 1 is 1.15 bits per heavy atom. The maximum atomic E-state index is 9.72. The summed E-state index contributed by atoms with van der Waals surface area (Å²) in [5, 5.41) is 13.3. The molecule has 0 unspecified atom stereocenters. The predicted octanol–water partition coefficient (Wildman–Crippen LogP) is 3.53. The molecule has 3 rings (SSSR count). The fraction of sp³-hybridized carbons (Fsp3) is 0.762. The summed E-state index contributed by atoms with van der Waals surface area (Å²) < 4.78 is 5.86. The zero-order valence-electron chi connectivity index (χ0n) is 16.7. The van der Waals surface area contributed by atoms with Crippen LogP contribution in [0.4, 0.5) is 5.82 Å². The van der Waals surface area contributed by atoms with Crippen molar-refractivity contribution in [1.82, 2.24) is 9.88 Å². The Balaban J connectivity index is 1.71. The van der Waals surface area contributed by atoms with Crippen molar-refractivity contribution in [2.75, 3.05) is 18.4 Å². The average molecular weight is 362 g/mol. The monoisotopic (exact) mass is 361 g/mol. The van der Waals surface area contributed by atoms with Crippen molar-refractivity contribution in [3.8, 4) is 0 Å². The number of aliphatic hydroxyl groups excluding tert-OH is 1. The molecule has 2 fully saturated rings. The predicted molar refractivity (Wildman–Crippen MR) is 105 cm³/mol. The Labute approximate surface area is 158 Å². The third kappa shape index (κ3) is 5.41. The second-order valence-corrected chi connectivity index (χ2v) is 8.54. The molecule has 0 amide bonds. The van der Waals surface area contributed by atoms with Crippen LogP contribution in [-0.2, 0) is 11.3 Å². The third-order valence-corrected chi connectivity index (χ3v) is 5.45. The van der Waals surface area contributed by atoms with Crippen LogP contribution in [0.1, 0.15) is 70.6 Å². The molecule has 0 bridgehead atoms. The highest BCUT2D eigenvalue weighted by atomic mass is 16.5. The fourth-order valence-electron chi connectivity index (χ4n) is 4.17. The maximum Gasteiger partial charge on any atom is 0.126 e. The molecular weight excluding hydrogens is 326 g/mol. The normalized spacial score (nSPS) is 30.5. The van der Waals surface area contributed by atoms with Crippen LogP contribution in [0.5, 0.6) is 0 Å². The quantitative estimate of drug-likeness (QED) is 0.840. The summed E-state index contributed by atoms with van der Waals surface area (Å²) in [5.41, 5.74) is 2.47. The number of rotatable bonds is 5. The first-order chi connectivity index (χ1) is 12.4. The van der Waals surface area contributed by atoms with Gasteiger partial charge in [0.1, 0.15) is 5.82 Å². The molecule has 2 atom stereocenters. The van der Waals surface area contributed by atoms with Gasteiger partial charge in [-0.1, -0.05) is 13.8 Å². The van der Waals surface area contributed by atoms with Crippen molar-refractivity contribution >= 4 is 5.82 Å². The van der Waals surface area contributed by atoms with Crippen molar-refractivity contribution in [2.45, 2.75) is 90.2 Å². The summed E-state index contributed by atoms with van der Waals surface area (Å²) in [7, 11) is 0. The zero-order chi connectivity index (χ0) is 18.7. The molecule has 146 valence electrons. The molecule has 26 heavy (non-hydrogen) atoms. The summed E-state index contributed by atoms with van der Waals surface area (Å²) in [6.07, 6.45) is 4.26. The lowest BCUT2D eigenvalue weighted by molar-refractivity contribution is -0.0704. The Bertz CT molecular complexity index is 575. The Morgan fingerprint density at radius 3 is 2.42 bits per heavy atom. The summed E-state index contributed by atoms with van der Waals surface area (Å²) in [4.78, 5) is 7.34. The van der Waals surface area contributed by atoms with Gasteiger partial charge in [-0.15, -0.1) is 0 Å². The Morgan fingerprint density at radius 2 is 1.81 bits per heavy atom. The van der Waals surface area contributed by atoms with E-state index in [2.05, 4.69) is 50.0 Å². The van der Waals surface area contributed by atoms with E-state index in [1.54, 1.807) is 0 Å². The van der Waals surface area contributed by atoms with Crippen molar-refractivity contribution in [2.24, 2.45) is 0 Å². The molecule has 2 aliphatic rings. The number of nitrogens with zero attached hydrogens (tertiary/aromatic N) is 2. The molecule has 1 aromatic rings. The minimum atomic E-state index is -0.121. The van der Waals surface area contributed by atoms with E-state index < -0.39 is 0 Å². The number of hydrogen-bond donors (Lipinski definition) is 2. The number of nitrogens with one attached hydrogen (secondary N) is 1. The van der Waals surface area contributed by atoms with E-state index in [4.69, 9.17) is 9.72 Å². The second-order valence-electron chi connectivity index (χ2n) is 8.54. The smallest absolute Gasteiger partial charge is 0.126 e. The molecule has 5 nitrogen and oxygen atoms in total. The molecule has 1 saturated heterocycles. The van der Waals surface area contributed by atoms with Crippen LogP contribution in [0.3, 0.4) is 0 Å². The fourth-order valence-corrected chi connectivity index (χ4v) is 4.17. The summed E-state index contributed by atoms with van der Waals surface area (Å²) in [6, 6.07) is 4.89. The number of hydrogen-bond acceptors (Lipinski definition) is 5. The summed E-state index contributed by atoms with van der Waals surface area (Å²) in [5.74, 6) is 1.40. The molecule has 1 aromatic heterocycles. The van der Waals surface area contributed by atoms with E-state index in [-0.39, 0.29) is 18.3 Å². The molecular formula is C21H35N3O2. The minimum absolute atomic E-state index is 0.121. The van der Waals surface area contributed by atoms with Gasteiger partial charge in [-0.25, -0.2) is 4.98 Å². The number of ether oxygens (including phenoxy) is 1. The van der Waals surface area contributed by atoms with Crippen molar-refractivity contribution in [3.05, 3.63) is 23.4 Å². The van der Waals surface area contributed by atoms with Crippen molar-refractivity contribution in [1.29, 1.82) is 0 Å². The standard InChI is InChI=1S/C21H35N3O2/c1-14(2)20-9-17(13-24-11-15(3)26-16(4)12-24)10-21(23-20)22-18-5-7-19(25)8-6-18/h9-10,14-16,18-19,25H,5-8,11-13H2,1-4H3,(H,22,23)/t15-,16+,18?,19?. The topological polar surface area (TPSA) is 57.6 Å². The lowest BCUT2D eigenvalue weighted by atomic mass is 9.93. The van der Waals surface area contributed by atoms with Gasteiger partial charge in [0, 0.05) is 31.4 Å². The largest absolute Gasteiger partial charge is 0.393 e. The number of morpholine rings is 1. The summed E-state index contributed by atoms with van der Waals surface area (Å²) in [6.45, 7) is 11.6. The first-order valence-corrected chi connectivity index (χ1v) is 10.2. The highest BCUT2D eigenvalue weighted by Gasteiger charge is 2.23. The van der Waals surface area contributed by atoms with Gasteiger partial charge in [-0.05, 0) is 63.1 Å². The van der Waals surface area contributed by atoms with Crippen LogP contribution >= 0.6 is 0 Å². The molecule has 5 heteroatoms. The molecule has 1 saturated carbocycles. The molecule has 0 radical (unpaired) electrons. The van der Waals surface area contributed by atoms with E-state index >= 15 is 0 Å². The van der Waals surface area contributed by atoms with E-state index in [1.807, 2.05) is 0 Å². The first kappa shape index (κ1) is 19.6. The number of anilines is 1. The Hall–Kier alpha value is -1.17. The van der Waals surface area contributed by atoms with Crippen LogP contribution in [-0.4, -0.2) is 52.4 Å². The number of aliphatic hydroxyl groups is 1. The van der Waals surface area contributed by atoms with Crippen molar-refractivity contribution < 1.29 is 9.84 Å². The van der Waals surface area contributed by atoms with Gasteiger partial charge in [0.05, 0.1) is 18.3 Å². The van der Waals surface area contributed by atoms with Gasteiger partial charge in [0.2, 0.25) is 0 Å². The van der Waals surface area contributed by atoms with Gasteiger partial charge < -0.3 is 15.2 Å². The van der Waals surface area contributed by atoms with Crippen LogP contribution in [0.2, 0.25) is 0 Å². The van der Waals surface area contributed by atoms with Crippen molar-refractivity contribution in [3.63, 3.8) is 0 Å². The first-order valence-electron chi connectivity index (χ1n) is 10.2. The minimum Gasteiger partial charge on any atom is -0.393 e. The van der Waals surface area contributed by atoms with E-state index in [0.29, 0.717) is 12.0 Å². The lowest BCUT2D eigenvalue weighted by Gasteiger charge is -2.35. The van der Waals surface area contributed by atoms with Gasteiger partial charge >= 0.3 is 0 Å². The maximum absolute atomic E-state index is 9.72. The molecule has 0 aromatic carbocycles. The summed E-state index contributed by atoms with van der Waals surface area (Å²) >= 11 is 0. The van der Waals surface area contributed by atoms with Crippen LogP contribution in [0, 0.1) is 0 Å². The van der Waals surface area contributed by atoms with Crippen LogP contribution < -0.4 is 5.32 Å². The Kier molecular flexibility index (Phi) is 6.54. The second kappa shape index (κ2) is 8.68. The van der Waals surface area contributed by atoms with Gasteiger partial charge in [0.15, 0.2) is 0 Å². The van der Waals surface area contributed by atoms with E-state index in [9.17, 15) is 5.11 Å². The number of pyridine rings is 1. The molecule has 1 aliphatic carbocycles. The lowest BCUT2D eigenvalue weighted by Crippen LogP contribution is -2.44. The number of aromatic nitrogens is 1. The van der Waals surface area contributed by atoms with Gasteiger partial charge in [-0.3, -0.25) is 4.90 Å². The third-order valence-electron chi connectivity index (χ3n) is 5.45.